The molecule has 0 spiro atoms. The summed E-state index contributed by atoms with van der Waals surface area (Å²) in [6.45, 7) is 2.09. The highest BCUT2D eigenvalue weighted by Crippen LogP contribution is 2.28. The standard InChI is InChI=1S/C18H22N2O2S/c1-22-12-17-19-16(13-23-17)18(21)20-10-5-8-15(9-11-20)14-6-3-2-4-7-14/h2-4,6-7,13,15H,5,8-12H2,1H3/t15-/m1/s1. The Morgan fingerprint density at radius 2 is 2.13 bits per heavy atom. The Morgan fingerprint density at radius 1 is 1.30 bits per heavy atom. The first kappa shape index (κ1) is 16.1. The number of nitrogens with zero attached hydrogens (tertiary/aromatic N) is 2. The second kappa shape index (κ2) is 7.70. The molecule has 0 radical (unpaired) electrons. The van der Waals surface area contributed by atoms with Crippen LogP contribution in [0, 0.1) is 0 Å². The van der Waals surface area contributed by atoms with Gasteiger partial charge in [0, 0.05) is 25.6 Å². The quantitative estimate of drug-likeness (QED) is 0.858. The van der Waals surface area contributed by atoms with Crippen LogP contribution in [-0.4, -0.2) is 36.0 Å². The molecule has 1 fully saturated rings. The largest absolute Gasteiger partial charge is 0.378 e. The molecule has 1 amide bonds. The second-order valence-corrected chi connectivity index (χ2v) is 6.83. The monoisotopic (exact) mass is 330 g/mol. The smallest absolute Gasteiger partial charge is 0.273 e. The van der Waals surface area contributed by atoms with Crippen molar-refractivity contribution in [2.24, 2.45) is 0 Å². The fourth-order valence-electron chi connectivity index (χ4n) is 3.12. The van der Waals surface area contributed by atoms with E-state index in [4.69, 9.17) is 4.74 Å². The Labute approximate surface area is 141 Å². The van der Waals surface area contributed by atoms with Crippen molar-refractivity contribution < 1.29 is 9.53 Å². The van der Waals surface area contributed by atoms with Crippen molar-refractivity contribution in [2.75, 3.05) is 20.2 Å². The SMILES string of the molecule is COCc1nc(C(=O)N2CCC[C@@H](c3ccccc3)CC2)cs1. The summed E-state index contributed by atoms with van der Waals surface area (Å²) in [4.78, 5) is 19.0. The van der Waals surface area contributed by atoms with Gasteiger partial charge in [-0.2, -0.15) is 0 Å². The molecule has 1 atom stereocenters. The van der Waals surface area contributed by atoms with Gasteiger partial charge in [0.25, 0.3) is 5.91 Å². The van der Waals surface area contributed by atoms with Crippen LogP contribution >= 0.6 is 11.3 Å². The second-order valence-electron chi connectivity index (χ2n) is 5.89. The molecule has 3 rings (SSSR count). The average Bonchev–Trinajstić information content (AvgIpc) is 2.91. The Kier molecular flexibility index (Phi) is 5.41. The van der Waals surface area contributed by atoms with Crippen LogP contribution in [0.25, 0.3) is 0 Å². The number of likely N-dealkylation sites (tertiary alicyclic amines) is 1. The maximum absolute atomic E-state index is 12.6. The number of carbonyl (C=O) groups excluding carboxylic acids is 1. The summed E-state index contributed by atoms with van der Waals surface area (Å²) in [5.41, 5.74) is 1.94. The van der Waals surface area contributed by atoms with E-state index in [1.54, 1.807) is 7.11 Å². The lowest BCUT2D eigenvalue weighted by molar-refractivity contribution is 0.0755. The van der Waals surface area contributed by atoms with Gasteiger partial charge < -0.3 is 9.64 Å². The topological polar surface area (TPSA) is 42.4 Å². The third-order valence-electron chi connectivity index (χ3n) is 4.32. The number of rotatable bonds is 4. The fourth-order valence-corrected chi connectivity index (χ4v) is 3.86. The number of amides is 1. The van der Waals surface area contributed by atoms with Gasteiger partial charge in [-0.05, 0) is 30.7 Å². The molecule has 0 saturated carbocycles. The van der Waals surface area contributed by atoms with Gasteiger partial charge in [0.05, 0.1) is 6.61 Å². The van der Waals surface area contributed by atoms with E-state index in [9.17, 15) is 4.79 Å². The summed E-state index contributed by atoms with van der Waals surface area (Å²) in [6.07, 6.45) is 3.20. The zero-order chi connectivity index (χ0) is 16.1. The van der Waals surface area contributed by atoms with Gasteiger partial charge >= 0.3 is 0 Å². The molecule has 1 aromatic carbocycles. The molecule has 2 heterocycles. The predicted molar refractivity (Wildman–Crippen MR) is 91.8 cm³/mol. The molecule has 1 aliphatic rings. The van der Waals surface area contributed by atoms with Gasteiger partial charge in [-0.1, -0.05) is 30.3 Å². The zero-order valence-corrected chi connectivity index (χ0v) is 14.2. The molecule has 0 unspecified atom stereocenters. The molecular formula is C18H22N2O2S. The summed E-state index contributed by atoms with van der Waals surface area (Å²) >= 11 is 1.49. The minimum atomic E-state index is 0.0531. The molecule has 0 bridgehead atoms. The highest BCUT2D eigenvalue weighted by atomic mass is 32.1. The Morgan fingerprint density at radius 3 is 2.91 bits per heavy atom. The molecule has 0 N–H and O–H groups in total. The minimum absolute atomic E-state index is 0.0531. The molecule has 1 aliphatic heterocycles. The van der Waals surface area contributed by atoms with E-state index in [0.717, 1.165) is 37.4 Å². The van der Waals surface area contributed by atoms with Crippen molar-refractivity contribution in [1.29, 1.82) is 0 Å². The first-order valence-electron chi connectivity index (χ1n) is 8.05. The van der Waals surface area contributed by atoms with Gasteiger partial charge in [-0.15, -0.1) is 11.3 Å². The van der Waals surface area contributed by atoms with E-state index in [1.165, 1.54) is 16.9 Å². The number of methoxy groups -OCH3 is 1. The molecule has 23 heavy (non-hydrogen) atoms. The highest BCUT2D eigenvalue weighted by molar-refractivity contribution is 7.09. The molecule has 0 aliphatic carbocycles. The average molecular weight is 330 g/mol. The minimum Gasteiger partial charge on any atom is -0.378 e. The normalized spacial score (nSPS) is 18.7. The van der Waals surface area contributed by atoms with Gasteiger partial charge in [-0.3, -0.25) is 4.79 Å². The lowest BCUT2D eigenvalue weighted by Crippen LogP contribution is -2.32. The fraction of sp³-hybridized carbons (Fsp3) is 0.444. The molecule has 4 nitrogen and oxygen atoms in total. The lowest BCUT2D eigenvalue weighted by atomic mass is 9.92. The number of benzene rings is 1. The lowest BCUT2D eigenvalue weighted by Gasteiger charge is -2.19. The Balaban J connectivity index is 1.64. The Bertz CT molecular complexity index is 641. The van der Waals surface area contributed by atoms with Crippen molar-refractivity contribution in [2.45, 2.75) is 31.8 Å². The van der Waals surface area contributed by atoms with Gasteiger partial charge in [0.2, 0.25) is 0 Å². The van der Waals surface area contributed by atoms with Crippen LogP contribution < -0.4 is 0 Å². The van der Waals surface area contributed by atoms with Crippen LogP contribution in [-0.2, 0) is 11.3 Å². The number of aromatic nitrogens is 1. The molecule has 122 valence electrons. The van der Waals surface area contributed by atoms with Crippen LogP contribution in [0.1, 0.15) is 46.2 Å². The Hall–Kier alpha value is -1.72. The molecular weight excluding hydrogens is 308 g/mol. The van der Waals surface area contributed by atoms with Gasteiger partial charge in [-0.25, -0.2) is 4.98 Å². The van der Waals surface area contributed by atoms with E-state index in [1.807, 2.05) is 10.3 Å². The van der Waals surface area contributed by atoms with E-state index in [-0.39, 0.29) is 5.91 Å². The van der Waals surface area contributed by atoms with Crippen LogP contribution in [0.4, 0.5) is 0 Å². The third-order valence-corrected chi connectivity index (χ3v) is 5.15. The highest BCUT2D eigenvalue weighted by Gasteiger charge is 2.23. The molecule has 5 heteroatoms. The van der Waals surface area contributed by atoms with E-state index < -0.39 is 0 Å². The van der Waals surface area contributed by atoms with Crippen molar-refractivity contribution in [1.82, 2.24) is 9.88 Å². The summed E-state index contributed by atoms with van der Waals surface area (Å²) in [6, 6.07) is 10.6. The van der Waals surface area contributed by atoms with Gasteiger partial charge in [0.15, 0.2) is 0 Å². The van der Waals surface area contributed by atoms with Crippen molar-refractivity contribution in [3.63, 3.8) is 0 Å². The predicted octanol–water partition coefficient (Wildman–Crippen LogP) is 3.70. The molecule has 1 saturated heterocycles. The van der Waals surface area contributed by atoms with Crippen molar-refractivity contribution in [3.05, 3.63) is 52.0 Å². The summed E-state index contributed by atoms with van der Waals surface area (Å²) in [7, 11) is 1.64. The first-order valence-corrected chi connectivity index (χ1v) is 8.93. The zero-order valence-electron chi connectivity index (χ0n) is 13.4. The number of hydrogen-bond acceptors (Lipinski definition) is 4. The first-order chi connectivity index (χ1) is 11.3. The van der Waals surface area contributed by atoms with Gasteiger partial charge in [0.1, 0.15) is 10.7 Å². The third kappa shape index (κ3) is 3.98. The maximum Gasteiger partial charge on any atom is 0.273 e. The summed E-state index contributed by atoms with van der Waals surface area (Å²) in [5, 5.41) is 2.70. The maximum atomic E-state index is 12.6. The number of hydrogen-bond donors (Lipinski definition) is 0. The van der Waals surface area contributed by atoms with Crippen LogP contribution in [0.15, 0.2) is 35.7 Å². The van der Waals surface area contributed by atoms with Crippen molar-refractivity contribution >= 4 is 17.2 Å². The van der Waals surface area contributed by atoms with E-state index in [2.05, 4.69) is 35.3 Å². The van der Waals surface area contributed by atoms with E-state index >= 15 is 0 Å². The van der Waals surface area contributed by atoms with Crippen LogP contribution in [0.5, 0.6) is 0 Å². The number of carbonyl (C=O) groups is 1. The van der Waals surface area contributed by atoms with Crippen molar-refractivity contribution in [3.8, 4) is 0 Å². The number of thiazole rings is 1. The van der Waals surface area contributed by atoms with E-state index in [0.29, 0.717) is 18.2 Å². The molecule has 2 aromatic rings. The molecule has 1 aromatic heterocycles. The number of ether oxygens (including phenoxy) is 1. The summed E-state index contributed by atoms with van der Waals surface area (Å²) < 4.78 is 5.07. The van der Waals surface area contributed by atoms with Crippen LogP contribution in [0.2, 0.25) is 0 Å². The summed E-state index contributed by atoms with van der Waals surface area (Å²) in [5.74, 6) is 0.603. The van der Waals surface area contributed by atoms with Crippen LogP contribution in [0.3, 0.4) is 0 Å².